The summed E-state index contributed by atoms with van der Waals surface area (Å²) >= 11 is 9.79. The van der Waals surface area contributed by atoms with E-state index >= 15 is 0 Å². The molecule has 8 nitrogen and oxygen atoms in total. The summed E-state index contributed by atoms with van der Waals surface area (Å²) in [5, 5.41) is 3.32. The highest BCUT2D eigenvalue weighted by molar-refractivity contribution is 9.10. The molecule has 0 radical (unpaired) electrons. The van der Waals surface area contributed by atoms with Gasteiger partial charge < -0.3 is 19.5 Å². The molecule has 0 saturated heterocycles. The van der Waals surface area contributed by atoms with E-state index in [1.165, 1.54) is 35.7 Å². The number of sulfonamides is 1. The number of hydrogen-bond acceptors (Lipinski definition) is 6. The zero-order valence-corrected chi connectivity index (χ0v) is 25.9. The fraction of sp³-hybridized carbons (Fsp3) is 0.276. The number of rotatable bonds is 13. The van der Waals surface area contributed by atoms with Crippen molar-refractivity contribution in [1.29, 1.82) is 0 Å². The first-order valence-electron chi connectivity index (χ1n) is 12.6. The summed E-state index contributed by atoms with van der Waals surface area (Å²) in [5.74, 6) is 0.879. The fourth-order valence-electron chi connectivity index (χ4n) is 3.86. The Kier molecular flexibility index (Phi) is 11.4. The minimum absolute atomic E-state index is 0.0638. The Bertz CT molecular complexity index is 1480. The second kappa shape index (κ2) is 14.5. The van der Waals surface area contributed by atoms with Gasteiger partial charge in [0.1, 0.15) is 12.4 Å². The van der Waals surface area contributed by atoms with Crippen LogP contribution in [-0.2, 0) is 21.4 Å². The first-order chi connectivity index (χ1) is 19.1. The lowest BCUT2D eigenvalue weighted by Gasteiger charge is -2.19. The van der Waals surface area contributed by atoms with Crippen LogP contribution in [0.1, 0.15) is 31.9 Å². The average Bonchev–Trinajstić information content (AvgIpc) is 2.93. The molecule has 0 fully saturated rings. The third-order valence-corrected chi connectivity index (χ3v) is 8.86. The molecular weight excluding hydrogens is 620 g/mol. The molecule has 0 heterocycles. The van der Waals surface area contributed by atoms with Gasteiger partial charge in [-0.1, -0.05) is 43.6 Å². The lowest BCUT2D eigenvalue weighted by molar-refractivity contribution is -0.111. The molecule has 3 aromatic carbocycles. The van der Waals surface area contributed by atoms with Crippen molar-refractivity contribution < 1.29 is 27.4 Å². The van der Waals surface area contributed by atoms with Gasteiger partial charge in [-0.25, -0.2) is 8.42 Å². The summed E-state index contributed by atoms with van der Waals surface area (Å²) in [5.41, 5.74) is 1.76. The van der Waals surface area contributed by atoms with Crippen LogP contribution in [0.2, 0.25) is 5.02 Å². The number of carbonyl (C=O) groups is 1. The van der Waals surface area contributed by atoms with Crippen LogP contribution in [-0.4, -0.2) is 45.4 Å². The number of nitrogens with one attached hydrogen (secondary N) is 1. The standard InChI is InChI=1S/C29H32BrClN2O6S/c1-5-33(6-2)40(35,36)22-13-14-26(37-4)25(18-22)32-28(34)15-12-20-16-23(30)29(27(17-20)38-7-3)39-19-21-10-8-9-11-24(21)31/h8-18H,5-7,19H2,1-4H3,(H,32,34)/b15-12+. The molecule has 40 heavy (non-hydrogen) atoms. The smallest absolute Gasteiger partial charge is 0.248 e. The number of amides is 1. The van der Waals surface area contributed by atoms with Gasteiger partial charge in [0.2, 0.25) is 15.9 Å². The first kappa shape index (κ1) is 31.5. The molecule has 0 aliphatic carbocycles. The van der Waals surface area contributed by atoms with E-state index < -0.39 is 15.9 Å². The molecule has 3 rings (SSSR count). The van der Waals surface area contributed by atoms with E-state index in [1.807, 2.05) is 25.1 Å². The zero-order valence-electron chi connectivity index (χ0n) is 22.7. The quantitative estimate of drug-likeness (QED) is 0.205. The highest BCUT2D eigenvalue weighted by Crippen LogP contribution is 2.38. The minimum Gasteiger partial charge on any atom is -0.495 e. The fourth-order valence-corrected chi connectivity index (χ4v) is 6.11. The Morgan fingerprint density at radius 3 is 2.40 bits per heavy atom. The Hall–Kier alpha value is -3.05. The number of hydrogen-bond donors (Lipinski definition) is 1. The van der Waals surface area contributed by atoms with Crippen molar-refractivity contribution in [2.75, 3.05) is 32.1 Å². The van der Waals surface area contributed by atoms with E-state index in [1.54, 1.807) is 38.1 Å². The summed E-state index contributed by atoms with van der Waals surface area (Å²) in [7, 11) is -2.27. The molecule has 0 bridgehead atoms. The van der Waals surface area contributed by atoms with Gasteiger partial charge in [-0.15, -0.1) is 0 Å². The summed E-state index contributed by atoms with van der Waals surface area (Å²) in [4.78, 5) is 12.9. The van der Waals surface area contributed by atoms with Crippen LogP contribution >= 0.6 is 27.5 Å². The normalized spacial score (nSPS) is 11.6. The molecular formula is C29H32BrClN2O6S. The largest absolute Gasteiger partial charge is 0.495 e. The van der Waals surface area contributed by atoms with Crippen molar-refractivity contribution >= 4 is 55.2 Å². The lowest BCUT2D eigenvalue weighted by Crippen LogP contribution is -2.30. The van der Waals surface area contributed by atoms with E-state index in [-0.39, 0.29) is 17.2 Å². The van der Waals surface area contributed by atoms with Gasteiger partial charge in [0.25, 0.3) is 0 Å². The molecule has 0 spiro atoms. The van der Waals surface area contributed by atoms with Crippen molar-refractivity contribution in [3.05, 3.63) is 81.3 Å². The Balaban J connectivity index is 1.81. The van der Waals surface area contributed by atoms with Crippen LogP contribution in [0, 0.1) is 0 Å². The number of benzene rings is 3. The summed E-state index contributed by atoms with van der Waals surface area (Å²) in [6.45, 7) is 6.73. The third-order valence-electron chi connectivity index (χ3n) is 5.86. The Labute approximate surface area is 249 Å². The lowest BCUT2D eigenvalue weighted by atomic mass is 10.1. The molecule has 0 aliphatic heterocycles. The number of ether oxygens (including phenoxy) is 3. The second-order valence-corrected chi connectivity index (χ2v) is 11.6. The van der Waals surface area contributed by atoms with E-state index in [0.29, 0.717) is 52.0 Å². The Morgan fingerprint density at radius 1 is 1.02 bits per heavy atom. The minimum atomic E-state index is -3.71. The summed E-state index contributed by atoms with van der Waals surface area (Å²) in [6, 6.07) is 15.4. The number of methoxy groups -OCH3 is 1. The molecule has 0 aromatic heterocycles. The van der Waals surface area contributed by atoms with Gasteiger partial charge in [-0.3, -0.25) is 4.79 Å². The first-order valence-corrected chi connectivity index (χ1v) is 15.2. The highest BCUT2D eigenvalue weighted by atomic mass is 79.9. The molecule has 3 aromatic rings. The Morgan fingerprint density at radius 2 is 1.75 bits per heavy atom. The SMILES string of the molecule is CCOc1cc(/C=C/C(=O)Nc2cc(S(=O)(=O)N(CC)CC)ccc2OC)cc(Br)c1OCc1ccccc1Cl. The van der Waals surface area contributed by atoms with Crippen LogP contribution in [0.4, 0.5) is 5.69 Å². The van der Waals surface area contributed by atoms with Crippen molar-refractivity contribution in [3.8, 4) is 17.2 Å². The molecule has 1 amide bonds. The summed E-state index contributed by atoms with van der Waals surface area (Å²) < 4.78 is 45.0. The highest BCUT2D eigenvalue weighted by Gasteiger charge is 2.23. The third kappa shape index (κ3) is 7.78. The molecule has 0 unspecified atom stereocenters. The molecule has 214 valence electrons. The van der Waals surface area contributed by atoms with E-state index in [4.69, 9.17) is 25.8 Å². The van der Waals surface area contributed by atoms with Gasteiger partial charge in [0.15, 0.2) is 11.5 Å². The van der Waals surface area contributed by atoms with Crippen LogP contribution in [0.5, 0.6) is 17.2 Å². The van der Waals surface area contributed by atoms with Gasteiger partial charge >= 0.3 is 0 Å². The molecule has 0 aliphatic rings. The predicted octanol–water partition coefficient (Wildman–Crippen LogP) is 6.77. The molecule has 0 saturated carbocycles. The maximum absolute atomic E-state index is 13.0. The van der Waals surface area contributed by atoms with Gasteiger partial charge in [-0.2, -0.15) is 4.31 Å². The van der Waals surface area contributed by atoms with Gasteiger partial charge in [-0.05, 0) is 70.9 Å². The van der Waals surface area contributed by atoms with E-state index in [2.05, 4.69) is 21.2 Å². The van der Waals surface area contributed by atoms with Crippen LogP contribution in [0.3, 0.4) is 0 Å². The van der Waals surface area contributed by atoms with Crippen molar-refractivity contribution in [2.45, 2.75) is 32.3 Å². The monoisotopic (exact) mass is 650 g/mol. The van der Waals surface area contributed by atoms with Crippen molar-refractivity contribution in [2.24, 2.45) is 0 Å². The van der Waals surface area contributed by atoms with Crippen LogP contribution in [0.25, 0.3) is 6.08 Å². The maximum Gasteiger partial charge on any atom is 0.248 e. The van der Waals surface area contributed by atoms with Crippen molar-refractivity contribution in [3.63, 3.8) is 0 Å². The van der Waals surface area contributed by atoms with Crippen molar-refractivity contribution in [1.82, 2.24) is 4.31 Å². The average molecular weight is 652 g/mol. The van der Waals surface area contributed by atoms with E-state index in [0.717, 1.165) is 5.56 Å². The van der Waals surface area contributed by atoms with Gasteiger partial charge in [0.05, 0.1) is 28.8 Å². The number of halogens is 2. The number of nitrogens with zero attached hydrogens (tertiary/aromatic N) is 1. The van der Waals surface area contributed by atoms with Crippen LogP contribution in [0.15, 0.2) is 70.0 Å². The summed E-state index contributed by atoms with van der Waals surface area (Å²) in [6.07, 6.45) is 2.95. The van der Waals surface area contributed by atoms with E-state index in [9.17, 15) is 13.2 Å². The predicted molar refractivity (Wildman–Crippen MR) is 162 cm³/mol. The number of anilines is 1. The molecule has 1 N–H and O–H groups in total. The number of carbonyl (C=O) groups excluding carboxylic acids is 1. The second-order valence-electron chi connectivity index (χ2n) is 8.42. The zero-order chi connectivity index (χ0) is 29.3. The molecule has 11 heteroatoms. The molecule has 0 atom stereocenters. The maximum atomic E-state index is 13.0. The van der Waals surface area contributed by atoms with Gasteiger partial charge in [0, 0.05) is 29.8 Å². The van der Waals surface area contributed by atoms with Crippen LogP contribution < -0.4 is 19.5 Å². The topological polar surface area (TPSA) is 94.2 Å².